The molecule has 0 saturated carbocycles. The number of carboxylic acids is 1. The Balaban J connectivity index is 0. The van der Waals surface area contributed by atoms with Crippen molar-refractivity contribution in [1.29, 1.82) is 0 Å². The predicted octanol–water partition coefficient (Wildman–Crippen LogP) is -4.63. The summed E-state index contributed by atoms with van der Waals surface area (Å²) < 4.78 is 0. The van der Waals surface area contributed by atoms with E-state index in [9.17, 15) is 9.90 Å². The third-order valence-corrected chi connectivity index (χ3v) is 0.676. The molecule has 0 bridgehead atoms. The van der Waals surface area contributed by atoms with Gasteiger partial charge in [-0.25, -0.2) is 0 Å². The Labute approximate surface area is 70.0 Å². The summed E-state index contributed by atoms with van der Waals surface area (Å²) in [5.41, 5.74) is 0. The molecule has 0 aliphatic carbocycles. The zero-order valence-corrected chi connectivity index (χ0v) is 7.05. The first kappa shape index (κ1) is 11.3. The maximum atomic E-state index is 9.66. The molecule has 0 saturated heterocycles. The molecule has 0 aromatic heterocycles. The van der Waals surface area contributed by atoms with Gasteiger partial charge in [-0.1, -0.05) is 6.92 Å². The topological polar surface area (TPSA) is 60.4 Å². The van der Waals surface area contributed by atoms with Crippen molar-refractivity contribution in [3.63, 3.8) is 0 Å². The number of carbonyl (C=O) groups is 1. The van der Waals surface area contributed by atoms with Crippen LogP contribution in [0.4, 0.5) is 0 Å². The number of carboxylic acid groups (broad SMARTS) is 1. The zero-order valence-electron chi connectivity index (χ0n) is 5.05. The van der Waals surface area contributed by atoms with Crippen LogP contribution >= 0.6 is 0 Å². The molecule has 1 N–H and O–H groups in total. The smallest absolute Gasteiger partial charge is 0.550 e. The maximum Gasteiger partial charge on any atom is 1.00 e. The number of rotatable bonds is 2. The minimum Gasteiger partial charge on any atom is -0.550 e. The van der Waals surface area contributed by atoms with Gasteiger partial charge in [0.25, 0.3) is 0 Å². The molecular formula is C4H7NaO3. The van der Waals surface area contributed by atoms with Crippen molar-refractivity contribution in [1.82, 2.24) is 0 Å². The fourth-order valence-corrected chi connectivity index (χ4v) is 0.0745. The molecule has 1 atom stereocenters. The van der Waals surface area contributed by atoms with E-state index < -0.39 is 11.9 Å². The number of carbonyl (C=O) groups excluding carboxylic acids is 1. The van der Waals surface area contributed by atoms with Gasteiger partial charge in [0.05, 0.1) is 6.61 Å². The molecule has 0 aromatic carbocycles. The van der Waals surface area contributed by atoms with Crippen LogP contribution in [0.2, 0.25) is 0 Å². The molecule has 0 spiro atoms. The van der Waals surface area contributed by atoms with E-state index in [1.165, 1.54) is 6.92 Å². The fraction of sp³-hybridized carbons (Fsp3) is 0.750. The summed E-state index contributed by atoms with van der Waals surface area (Å²) in [5, 5.41) is 17.7. The Bertz CT molecular complexity index is 73.7. The standard InChI is InChI=1S/C4H8O3.Na/c1-3(2-5)4(6)7;/h3,5H,2H2,1H3,(H,6,7);/q;+1/p-1/t3-;/m1./s1. The molecule has 0 amide bonds. The molecule has 3 nitrogen and oxygen atoms in total. The monoisotopic (exact) mass is 126 g/mol. The van der Waals surface area contributed by atoms with Gasteiger partial charge in [0.1, 0.15) is 0 Å². The van der Waals surface area contributed by atoms with Gasteiger partial charge in [0.2, 0.25) is 0 Å². The summed E-state index contributed by atoms with van der Waals surface area (Å²) in [4.78, 5) is 9.66. The van der Waals surface area contributed by atoms with E-state index in [2.05, 4.69) is 0 Å². The SMILES string of the molecule is C[C@H](CO)C(=O)[O-].[Na+]. The van der Waals surface area contributed by atoms with Crippen molar-refractivity contribution < 1.29 is 44.6 Å². The molecule has 0 fully saturated rings. The van der Waals surface area contributed by atoms with Crippen LogP contribution in [0.1, 0.15) is 6.92 Å². The van der Waals surface area contributed by atoms with E-state index in [4.69, 9.17) is 5.11 Å². The van der Waals surface area contributed by atoms with Crippen LogP contribution in [-0.4, -0.2) is 17.7 Å². The van der Waals surface area contributed by atoms with Crippen molar-refractivity contribution in [2.45, 2.75) is 6.92 Å². The van der Waals surface area contributed by atoms with Gasteiger partial charge in [0, 0.05) is 11.9 Å². The summed E-state index contributed by atoms with van der Waals surface area (Å²) in [7, 11) is 0. The average Bonchev–Trinajstić information content (AvgIpc) is 1.65. The van der Waals surface area contributed by atoms with Crippen LogP contribution in [0.25, 0.3) is 0 Å². The van der Waals surface area contributed by atoms with E-state index >= 15 is 0 Å². The first-order chi connectivity index (χ1) is 3.18. The van der Waals surface area contributed by atoms with Crippen molar-refractivity contribution in [3.8, 4) is 0 Å². The van der Waals surface area contributed by atoms with Crippen molar-refractivity contribution in [2.24, 2.45) is 5.92 Å². The van der Waals surface area contributed by atoms with Crippen molar-refractivity contribution >= 4 is 5.97 Å². The van der Waals surface area contributed by atoms with Crippen LogP contribution in [0.15, 0.2) is 0 Å². The molecule has 0 rings (SSSR count). The second-order valence-electron chi connectivity index (χ2n) is 1.40. The number of hydrogen-bond acceptors (Lipinski definition) is 3. The molecule has 4 heteroatoms. The Kier molecular flexibility index (Phi) is 7.83. The first-order valence-corrected chi connectivity index (χ1v) is 2.00. The van der Waals surface area contributed by atoms with Gasteiger partial charge < -0.3 is 15.0 Å². The number of aliphatic hydroxyl groups excluding tert-OH is 1. The van der Waals surface area contributed by atoms with Gasteiger partial charge >= 0.3 is 29.6 Å². The largest absolute Gasteiger partial charge is 1.00 e. The van der Waals surface area contributed by atoms with Crippen LogP contribution in [-0.2, 0) is 4.79 Å². The number of hydrogen-bond donors (Lipinski definition) is 1. The van der Waals surface area contributed by atoms with Gasteiger partial charge in [0.15, 0.2) is 0 Å². The quantitative estimate of drug-likeness (QED) is 0.378. The van der Waals surface area contributed by atoms with E-state index in [0.717, 1.165) is 0 Å². The molecular weight excluding hydrogens is 119 g/mol. The summed E-state index contributed by atoms with van der Waals surface area (Å²) in [6, 6.07) is 0. The molecule has 0 aliphatic heterocycles. The van der Waals surface area contributed by atoms with E-state index in [1.807, 2.05) is 0 Å². The average molecular weight is 126 g/mol. The summed E-state index contributed by atoms with van der Waals surface area (Å²) in [5.74, 6) is -1.94. The second-order valence-corrected chi connectivity index (χ2v) is 1.40. The zero-order chi connectivity index (χ0) is 5.86. The molecule has 0 aromatic rings. The van der Waals surface area contributed by atoms with Gasteiger partial charge in [-0.2, -0.15) is 0 Å². The molecule has 0 aliphatic rings. The predicted molar refractivity (Wildman–Crippen MR) is 21.3 cm³/mol. The summed E-state index contributed by atoms with van der Waals surface area (Å²) in [6.07, 6.45) is 0. The third-order valence-electron chi connectivity index (χ3n) is 0.676. The Morgan fingerprint density at radius 2 is 2.25 bits per heavy atom. The van der Waals surface area contributed by atoms with Crippen LogP contribution in [0.5, 0.6) is 0 Å². The fourth-order valence-electron chi connectivity index (χ4n) is 0.0745. The van der Waals surface area contributed by atoms with E-state index in [1.54, 1.807) is 0 Å². The summed E-state index contributed by atoms with van der Waals surface area (Å²) in [6.45, 7) is 1.04. The van der Waals surface area contributed by atoms with E-state index in [0.29, 0.717) is 0 Å². The van der Waals surface area contributed by atoms with Crippen molar-refractivity contribution in [3.05, 3.63) is 0 Å². The molecule has 42 valence electrons. The van der Waals surface area contributed by atoms with Crippen LogP contribution in [0.3, 0.4) is 0 Å². The number of aliphatic carboxylic acids is 1. The van der Waals surface area contributed by atoms with Gasteiger partial charge in [-0.05, 0) is 0 Å². The second kappa shape index (κ2) is 5.56. The molecule has 0 heterocycles. The molecule has 8 heavy (non-hydrogen) atoms. The maximum absolute atomic E-state index is 9.66. The van der Waals surface area contributed by atoms with Gasteiger partial charge in [-0.3, -0.25) is 0 Å². The van der Waals surface area contributed by atoms with E-state index in [-0.39, 0.29) is 36.2 Å². The Morgan fingerprint density at radius 1 is 1.88 bits per heavy atom. The van der Waals surface area contributed by atoms with Crippen LogP contribution < -0.4 is 34.7 Å². The Hall–Kier alpha value is 0.430. The third kappa shape index (κ3) is 4.59. The Morgan fingerprint density at radius 3 is 2.25 bits per heavy atom. The normalized spacial score (nSPS) is 11.8. The van der Waals surface area contributed by atoms with Crippen molar-refractivity contribution in [2.75, 3.05) is 6.61 Å². The van der Waals surface area contributed by atoms with Crippen LogP contribution in [0, 0.1) is 5.92 Å². The van der Waals surface area contributed by atoms with Gasteiger partial charge in [-0.15, -0.1) is 0 Å². The first-order valence-electron chi connectivity index (χ1n) is 2.00. The summed E-state index contributed by atoms with van der Waals surface area (Å²) >= 11 is 0. The number of aliphatic hydroxyl groups is 1. The minimum atomic E-state index is -1.21. The molecule has 0 unspecified atom stereocenters. The molecule has 0 radical (unpaired) electrons. The minimum absolute atomic E-state index is 0.